The highest BCUT2D eigenvalue weighted by Gasteiger charge is 2.14. The van der Waals surface area contributed by atoms with Crippen molar-refractivity contribution in [2.75, 3.05) is 5.32 Å². The predicted molar refractivity (Wildman–Crippen MR) is 70.5 cm³/mol. The first-order valence-electron chi connectivity index (χ1n) is 5.50. The Morgan fingerprint density at radius 1 is 1.11 bits per heavy atom. The van der Waals surface area contributed by atoms with E-state index in [1.165, 1.54) is 24.3 Å². The molecule has 1 N–H and O–H groups in total. The van der Waals surface area contributed by atoms with E-state index in [9.17, 15) is 13.6 Å². The van der Waals surface area contributed by atoms with Gasteiger partial charge in [-0.2, -0.15) is 0 Å². The molecule has 0 saturated heterocycles. The largest absolute Gasteiger partial charge is 0.319 e. The number of hydrogen-bond acceptors (Lipinski definition) is 1. The molecule has 98 valence electrons. The molecule has 1 amide bonds. The lowest BCUT2D eigenvalue weighted by atomic mass is 10.1. The van der Waals surface area contributed by atoms with Gasteiger partial charge in [-0.1, -0.05) is 17.7 Å². The van der Waals surface area contributed by atoms with Crippen LogP contribution in [0.3, 0.4) is 0 Å². The van der Waals surface area contributed by atoms with Crippen LogP contribution in [0.4, 0.5) is 14.5 Å². The highest BCUT2D eigenvalue weighted by molar-refractivity contribution is 6.31. The minimum atomic E-state index is -0.747. The molecule has 0 radical (unpaired) electrons. The fraction of sp³-hybridized carbons (Fsp3) is 0.0714. The van der Waals surface area contributed by atoms with Crippen LogP contribution in [-0.4, -0.2) is 5.91 Å². The number of amides is 1. The first kappa shape index (κ1) is 13.5. The van der Waals surface area contributed by atoms with Gasteiger partial charge in [0.25, 0.3) is 5.91 Å². The lowest BCUT2D eigenvalue weighted by molar-refractivity contribution is 0.102. The summed E-state index contributed by atoms with van der Waals surface area (Å²) in [6, 6.07) is 7.96. The van der Waals surface area contributed by atoms with E-state index in [0.29, 0.717) is 0 Å². The second kappa shape index (κ2) is 5.36. The number of rotatable bonds is 2. The third kappa shape index (κ3) is 3.09. The average molecular weight is 282 g/mol. The van der Waals surface area contributed by atoms with Crippen molar-refractivity contribution in [1.29, 1.82) is 0 Å². The van der Waals surface area contributed by atoms with Crippen molar-refractivity contribution in [1.82, 2.24) is 0 Å². The van der Waals surface area contributed by atoms with Gasteiger partial charge in [0.2, 0.25) is 0 Å². The Hall–Kier alpha value is -1.94. The van der Waals surface area contributed by atoms with E-state index in [1.54, 1.807) is 13.0 Å². The van der Waals surface area contributed by atoms with Gasteiger partial charge < -0.3 is 5.32 Å². The molecule has 5 heteroatoms. The molecule has 2 rings (SSSR count). The third-order valence-electron chi connectivity index (χ3n) is 2.55. The van der Waals surface area contributed by atoms with Crippen LogP contribution in [0.5, 0.6) is 0 Å². The van der Waals surface area contributed by atoms with E-state index in [1.807, 2.05) is 0 Å². The topological polar surface area (TPSA) is 29.1 Å². The minimum Gasteiger partial charge on any atom is -0.319 e. The molecule has 2 aromatic carbocycles. The number of anilines is 1. The molecule has 0 bridgehead atoms. The molecule has 0 aromatic heterocycles. The van der Waals surface area contributed by atoms with Gasteiger partial charge >= 0.3 is 0 Å². The molecule has 2 aromatic rings. The van der Waals surface area contributed by atoms with Gasteiger partial charge in [0, 0.05) is 5.02 Å². The summed E-state index contributed by atoms with van der Waals surface area (Å²) in [7, 11) is 0. The third-order valence-corrected chi connectivity index (χ3v) is 2.78. The summed E-state index contributed by atoms with van der Waals surface area (Å²) in [5.41, 5.74) is 0.492. The fourth-order valence-corrected chi connectivity index (χ4v) is 1.75. The maximum absolute atomic E-state index is 13.6. The molecule has 0 atom stereocenters. The fourth-order valence-electron chi connectivity index (χ4n) is 1.58. The van der Waals surface area contributed by atoms with E-state index < -0.39 is 17.5 Å². The lowest BCUT2D eigenvalue weighted by Gasteiger charge is -2.08. The standard InChI is InChI=1S/C14H10ClF2NO/c1-8-2-5-13(12(17)6-8)18-14(19)10-7-9(15)3-4-11(10)16/h2-7H,1H3,(H,18,19). The van der Waals surface area contributed by atoms with E-state index in [4.69, 9.17) is 11.6 Å². The second-order valence-electron chi connectivity index (χ2n) is 4.06. The molecule has 0 spiro atoms. The van der Waals surface area contributed by atoms with Crippen molar-refractivity contribution < 1.29 is 13.6 Å². The first-order chi connectivity index (χ1) is 8.97. The molecule has 0 aliphatic heterocycles. The molecule has 0 unspecified atom stereocenters. The quantitative estimate of drug-likeness (QED) is 0.879. The molecule has 0 saturated carbocycles. The summed E-state index contributed by atoms with van der Waals surface area (Å²) < 4.78 is 27.0. The molecule has 0 heterocycles. The van der Waals surface area contributed by atoms with Gasteiger partial charge in [-0.05, 0) is 42.8 Å². The Kier molecular flexibility index (Phi) is 3.81. The molecule has 2 nitrogen and oxygen atoms in total. The summed E-state index contributed by atoms with van der Waals surface area (Å²) in [6.45, 7) is 1.73. The Morgan fingerprint density at radius 3 is 2.53 bits per heavy atom. The monoisotopic (exact) mass is 281 g/mol. The van der Waals surface area contributed by atoms with Crippen LogP contribution in [-0.2, 0) is 0 Å². The highest BCUT2D eigenvalue weighted by Crippen LogP contribution is 2.19. The summed E-state index contributed by atoms with van der Waals surface area (Å²) >= 11 is 5.70. The van der Waals surface area contributed by atoms with Gasteiger partial charge in [-0.3, -0.25) is 4.79 Å². The van der Waals surface area contributed by atoms with Gasteiger partial charge in [0.1, 0.15) is 11.6 Å². The van der Waals surface area contributed by atoms with Gasteiger partial charge in [-0.15, -0.1) is 0 Å². The van der Waals surface area contributed by atoms with Gasteiger partial charge in [0.05, 0.1) is 11.3 Å². The molecule has 0 aliphatic rings. The minimum absolute atomic E-state index is 0.00465. The number of hydrogen-bond donors (Lipinski definition) is 1. The van der Waals surface area contributed by atoms with E-state index in [-0.39, 0.29) is 16.3 Å². The maximum atomic E-state index is 13.6. The number of nitrogens with one attached hydrogen (secondary N) is 1. The Bertz CT molecular complexity index is 643. The van der Waals surface area contributed by atoms with Gasteiger partial charge in [0.15, 0.2) is 0 Å². The molecular formula is C14H10ClF2NO. The van der Waals surface area contributed by atoms with Crippen LogP contribution < -0.4 is 5.32 Å². The predicted octanol–water partition coefficient (Wildman–Crippen LogP) is 4.18. The number of benzene rings is 2. The Morgan fingerprint density at radius 2 is 1.84 bits per heavy atom. The van der Waals surface area contributed by atoms with Crippen molar-refractivity contribution >= 4 is 23.2 Å². The maximum Gasteiger partial charge on any atom is 0.258 e. The van der Waals surface area contributed by atoms with Crippen LogP contribution in [0.2, 0.25) is 5.02 Å². The lowest BCUT2D eigenvalue weighted by Crippen LogP contribution is -2.14. The van der Waals surface area contributed by atoms with E-state index in [2.05, 4.69) is 5.32 Å². The summed E-state index contributed by atoms with van der Waals surface area (Å²) in [4.78, 5) is 11.8. The molecule has 0 fully saturated rings. The van der Waals surface area contributed by atoms with Crippen LogP contribution in [0, 0.1) is 18.6 Å². The number of aryl methyl sites for hydroxylation is 1. The normalized spacial score (nSPS) is 10.3. The number of carbonyl (C=O) groups excluding carboxylic acids is 1. The van der Waals surface area contributed by atoms with E-state index >= 15 is 0 Å². The average Bonchev–Trinajstić information content (AvgIpc) is 2.35. The summed E-state index contributed by atoms with van der Waals surface area (Å²) in [6.07, 6.45) is 0. The Balaban J connectivity index is 2.28. The Labute approximate surface area is 114 Å². The van der Waals surface area contributed by atoms with Gasteiger partial charge in [-0.25, -0.2) is 8.78 Å². The van der Waals surface area contributed by atoms with Crippen LogP contribution in [0.25, 0.3) is 0 Å². The molecule has 19 heavy (non-hydrogen) atoms. The summed E-state index contributed by atoms with van der Waals surface area (Å²) in [5.74, 6) is -2.03. The zero-order chi connectivity index (χ0) is 14.0. The van der Waals surface area contributed by atoms with Crippen LogP contribution in [0.15, 0.2) is 36.4 Å². The SMILES string of the molecule is Cc1ccc(NC(=O)c2cc(Cl)ccc2F)c(F)c1. The van der Waals surface area contributed by atoms with E-state index in [0.717, 1.165) is 11.6 Å². The van der Waals surface area contributed by atoms with Crippen molar-refractivity contribution in [3.05, 3.63) is 64.2 Å². The molecular weight excluding hydrogens is 272 g/mol. The van der Waals surface area contributed by atoms with Crippen molar-refractivity contribution in [2.24, 2.45) is 0 Å². The van der Waals surface area contributed by atoms with Crippen molar-refractivity contribution in [2.45, 2.75) is 6.92 Å². The van der Waals surface area contributed by atoms with Crippen LogP contribution >= 0.6 is 11.6 Å². The van der Waals surface area contributed by atoms with Crippen molar-refractivity contribution in [3.63, 3.8) is 0 Å². The zero-order valence-electron chi connectivity index (χ0n) is 10.0. The number of carbonyl (C=O) groups is 1. The zero-order valence-corrected chi connectivity index (χ0v) is 10.8. The molecule has 0 aliphatic carbocycles. The van der Waals surface area contributed by atoms with Crippen LogP contribution in [0.1, 0.15) is 15.9 Å². The summed E-state index contributed by atoms with van der Waals surface area (Å²) in [5, 5.41) is 2.54. The van der Waals surface area contributed by atoms with Crippen molar-refractivity contribution in [3.8, 4) is 0 Å². The number of halogens is 3. The highest BCUT2D eigenvalue weighted by atomic mass is 35.5. The first-order valence-corrected chi connectivity index (χ1v) is 5.88. The smallest absolute Gasteiger partial charge is 0.258 e. The second-order valence-corrected chi connectivity index (χ2v) is 4.50.